The van der Waals surface area contributed by atoms with Gasteiger partial charge in [0.25, 0.3) is 0 Å². The van der Waals surface area contributed by atoms with E-state index in [1.165, 1.54) is 30.3 Å². The monoisotopic (exact) mass is 388 g/mol. The molecule has 0 aliphatic heterocycles. The van der Waals surface area contributed by atoms with Crippen LogP contribution in [0.4, 0.5) is 8.78 Å². The predicted octanol–water partition coefficient (Wildman–Crippen LogP) is 4.92. The van der Waals surface area contributed by atoms with E-state index in [2.05, 4.69) is 31.9 Å². The lowest BCUT2D eigenvalue weighted by molar-refractivity contribution is 0.0991. The summed E-state index contributed by atoms with van der Waals surface area (Å²) in [7, 11) is 0. The lowest BCUT2D eigenvalue weighted by Crippen LogP contribution is -2.05. The number of ketones is 1. The molecule has 0 spiro atoms. The van der Waals surface area contributed by atoms with Gasteiger partial charge in [-0.1, -0.05) is 28.1 Å². The topological polar surface area (TPSA) is 17.1 Å². The average molecular weight is 390 g/mol. The highest BCUT2D eigenvalue weighted by molar-refractivity contribution is 9.10. The molecule has 19 heavy (non-hydrogen) atoms. The van der Waals surface area contributed by atoms with Crippen LogP contribution in [-0.4, -0.2) is 5.78 Å². The van der Waals surface area contributed by atoms with Gasteiger partial charge in [-0.05, 0) is 45.8 Å². The van der Waals surface area contributed by atoms with E-state index in [-0.39, 0.29) is 22.2 Å². The zero-order valence-electron chi connectivity index (χ0n) is 9.59. The number of halogens is 4. The molecule has 0 aromatic heterocycles. The van der Waals surface area contributed by atoms with Gasteiger partial charge in [0.05, 0.1) is 4.47 Å². The van der Waals surface area contributed by atoms with Crippen molar-refractivity contribution >= 4 is 37.6 Å². The molecule has 5 heteroatoms. The molecule has 0 bridgehead atoms. The summed E-state index contributed by atoms with van der Waals surface area (Å²) >= 11 is 6.21. The maximum atomic E-state index is 13.3. The van der Waals surface area contributed by atoms with E-state index in [0.717, 1.165) is 0 Å². The molecule has 1 nitrogen and oxygen atoms in total. The second kappa shape index (κ2) is 5.92. The molecule has 2 aromatic rings. The molecule has 0 aliphatic rings. The standard InChI is InChI=1S/C14H8Br2F2O/c15-9-4-8(5-10(17)7-9)6-13(19)11-2-1-3-12(18)14(11)16/h1-5,7H,6H2. The zero-order chi connectivity index (χ0) is 14.0. The van der Waals surface area contributed by atoms with Crippen molar-refractivity contribution in [3.63, 3.8) is 0 Å². The molecule has 0 heterocycles. The van der Waals surface area contributed by atoms with Crippen molar-refractivity contribution in [3.8, 4) is 0 Å². The van der Waals surface area contributed by atoms with E-state index in [4.69, 9.17) is 0 Å². The first kappa shape index (κ1) is 14.3. The van der Waals surface area contributed by atoms with Crippen molar-refractivity contribution in [1.29, 1.82) is 0 Å². The number of benzene rings is 2. The van der Waals surface area contributed by atoms with Crippen molar-refractivity contribution < 1.29 is 13.6 Å². The normalized spacial score (nSPS) is 10.5. The molecule has 2 aromatic carbocycles. The summed E-state index contributed by atoms with van der Waals surface area (Å²) in [5.74, 6) is -1.19. The second-order valence-electron chi connectivity index (χ2n) is 3.98. The molecule has 0 radical (unpaired) electrons. The van der Waals surface area contributed by atoms with Crippen LogP contribution in [0.2, 0.25) is 0 Å². The van der Waals surface area contributed by atoms with Gasteiger partial charge in [0, 0.05) is 16.5 Å². The summed E-state index contributed by atoms with van der Waals surface area (Å²) in [5, 5.41) is 0. The molecule has 0 aliphatic carbocycles. The Morgan fingerprint density at radius 3 is 2.53 bits per heavy atom. The lowest BCUT2D eigenvalue weighted by atomic mass is 10.0. The first-order chi connectivity index (χ1) is 8.97. The van der Waals surface area contributed by atoms with Gasteiger partial charge < -0.3 is 0 Å². The lowest BCUT2D eigenvalue weighted by Gasteiger charge is -2.05. The molecular weight excluding hydrogens is 382 g/mol. The van der Waals surface area contributed by atoms with Crippen LogP contribution < -0.4 is 0 Å². The predicted molar refractivity (Wildman–Crippen MR) is 76.2 cm³/mol. The van der Waals surface area contributed by atoms with E-state index in [1.54, 1.807) is 6.07 Å². The van der Waals surface area contributed by atoms with E-state index < -0.39 is 11.6 Å². The Hall–Kier alpha value is -1.07. The minimum atomic E-state index is -0.494. The van der Waals surface area contributed by atoms with Crippen LogP contribution in [0.25, 0.3) is 0 Å². The Bertz CT molecular complexity index is 621. The summed E-state index contributed by atoms with van der Waals surface area (Å²) < 4.78 is 27.3. The molecule has 0 unspecified atom stereocenters. The van der Waals surface area contributed by atoms with Gasteiger partial charge >= 0.3 is 0 Å². The highest BCUT2D eigenvalue weighted by atomic mass is 79.9. The number of hydrogen-bond donors (Lipinski definition) is 0. The fraction of sp³-hybridized carbons (Fsp3) is 0.0714. The molecule has 0 N–H and O–H groups in total. The fourth-order valence-electron chi connectivity index (χ4n) is 1.71. The molecule has 98 valence electrons. The summed E-state index contributed by atoms with van der Waals surface area (Å²) in [5.41, 5.74) is 0.786. The van der Waals surface area contributed by atoms with Crippen LogP contribution in [0, 0.1) is 11.6 Å². The van der Waals surface area contributed by atoms with E-state index >= 15 is 0 Å². The third-order valence-corrected chi connectivity index (χ3v) is 3.80. The molecule has 0 fully saturated rings. The van der Waals surface area contributed by atoms with Gasteiger partial charge in [-0.25, -0.2) is 8.78 Å². The van der Waals surface area contributed by atoms with Gasteiger partial charge in [-0.3, -0.25) is 4.79 Å². The van der Waals surface area contributed by atoms with Gasteiger partial charge in [-0.2, -0.15) is 0 Å². The summed E-state index contributed by atoms with van der Waals surface area (Å²) in [4.78, 5) is 12.1. The highest BCUT2D eigenvalue weighted by Gasteiger charge is 2.14. The van der Waals surface area contributed by atoms with Crippen molar-refractivity contribution in [1.82, 2.24) is 0 Å². The van der Waals surface area contributed by atoms with Crippen LogP contribution in [0.3, 0.4) is 0 Å². The van der Waals surface area contributed by atoms with E-state index in [9.17, 15) is 13.6 Å². The Morgan fingerprint density at radius 2 is 1.84 bits per heavy atom. The number of carbonyl (C=O) groups is 1. The smallest absolute Gasteiger partial charge is 0.168 e. The average Bonchev–Trinajstić information content (AvgIpc) is 2.31. The van der Waals surface area contributed by atoms with Crippen LogP contribution in [0.15, 0.2) is 45.3 Å². The Morgan fingerprint density at radius 1 is 1.11 bits per heavy atom. The third-order valence-electron chi connectivity index (χ3n) is 2.54. The van der Waals surface area contributed by atoms with E-state index in [1.807, 2.05) is 0 Å². The largest absolute Gasteiger partial charge is 0.294 e. The molecular formula is C14H8Br2F2O. The highest BCUT2D eigenvalue weighted by Crippen LogP contribution is 2.23. The number of Topliss-reactive ketones (excluding diaryl/α,β-unsaturated/α-hetero) is 1. The van der Waals surface area contributed by atoms with Gasteiger partial charge in [0.2, 0.25) is 0 Å². The van der Waals surface area contributed by atoms with Crippen LogP contribution in [0.5, 0.6) is 0 Å². The molecule has 0 saturated heterocycles. The number of hydrogen-bond acceptors (Lipinski definition) is 1. The third kappa shape index (κ3) is 3.48. The van der Waals surface area contributed by atoms with Crippen LogP contribution in [0.1, 0.15) is 15.9 Å². The van der Waals surface area contributed by atoms with Crippen molar-refractivity contribution in [3.05, 3.63) is 68.1 Å². The number of carbonyl (C=O) groups excluding carboxylic acids is 1. The molecule has 0 atom stereocenters. The maximum absolute atomic E-state index is 13.3. The van der Waals surface area contributed by atoms with Gasteiger partial charge in [-0.15, -0.1) is 0 Å². The van der Waals surface area contributed by atoms with Gasteiger partial charge in [0.1, 0.15) is 11.6 Å². The van der Waals surface area contributed by atoms with Crippen molar-refractivity contribution in [2.45, 2.75) is 6.42 Å². The second-order valence-corrected chi connectivity index (χ2v) is 5.69. The fourth-order valence-corrected chi connectivity index (χ4v) is 2.71. The Labute approximate surface area is 125 Å². The van der Waals surface area contributed by atoms with Crippen molar-refractivity contribution in [2.24, 2.45) is 0 Å². The molecule has 0 saturated carbocycles. The SMILES string of the molecule is O=C(Cc1cc(F)cc(Br)c1)c1cccc(F)c1Br. The quantitative estimate of drug-likeness (QED) is 0.681. The first-order valence-electron chi connectivity index (χ1n) is 5.39. The summed E-state index contributed by atoms with van der Waals surface area (Å²) in [6, 6.07) is 8.52. The Balaban J connectivity index is 2.28. The summed E-state index contributed by atoms with van der Waals surface area (Å²) in [6.45, 7) is 0. The van der Waals surface area contributed by atoms with Crippen LogP contribution >= 0.6 is 31.9 Å². The number of rotatable bonds is 3. The summed E-state index contributed by atoms with van der Waals surface area (Å²) in [6.07, 6.45) is 0.0123. The maximum Gasteiger partial charge on any atom is 0.168 e. The molecule has 0 amide bonds. The van der Waals surface area contributed by atoms with Crippen LogP contribution in [-0.2, 0) is 6.42 Å². The minimum absolute atomic E-state index is 0.0123. The van der Waals surface area contributed by atoms with Crippen molar-refractivity contribution in [2.75, 3.05) is 0 Å². The first-order valence-corrected chi connectivity index (χ1v) is 6.98. The van der Waals surface area contributed by atoms with Gasteiger partial charge in [0.15, 0.2) is 5.78 Å². The molecule has 2 rings (SSSR count). The van der Waals surface area contributed by atoms with E-state index in [0.29, 0.717) is 10.0 Å². The minimum Gasteiger partial charge on any atom is -0.294 e. The zero-order valence-corrected chi connectivity index (χ0v) is 12.8. The Kier molecular flexibility index (Phi) is 4.47.